The van der Waals surface area contributed by atoms with Gasteiger partial charge in [0, 0.05) is 6.42 Å². The molecule has 0 atom stereocenters. The molecular weight excluding hydrogens is 420 g/mol. The molecule has 0 aliphatic rings. The van der Waals surface area contributed by atoms with E-state index in [0.717, 1.165) is 24.0 Å². The van der Waals surface area contributed by atoms with Crippen LogP contribution in [0.2, 0.25) is 0 Å². The highest BCUT2D eigenvalue weighted by Gasteiger charge is 2.19. The molecule has 0 spiro atoms. The van der Waals surface area contributed by atoms with E-state index in [-0.39, 0.29) is 17.1 Å². The lowest BCUT2D eigenvalue weighted by Crippen LogP contribution is -2.15. The number of carbonyl (C=O) groups excluding carboxylic acids is 1. The van der Waals surface area contributed by atoms with Crippen molar-refractivity contribution in [2.75, 3.05) is 6.61 Å². The van der Waals surface area contributed by atoms with Crippen LogP contribution in [-0.2, 0) is 21.4 Å². The van der Waals surface area contributed by atoms with Crippen LogP contribution in [0.15, 0.2) is 18.2 Å². The van der Waals surface area contributed by atoms with E-state index < -0.39 is 0 Å². The second-order valence-electron chi connectivity index (χ2n) is 11.1. The third kappa shape index (κ3) is 15.4. The molecule has 1 rings (SSSR count). The summed E-state index contributed by atoms with van der Waals surface area (Å²) in [5.74, 6) is 0.161. The SMILES string of the molecule is CCCCCCCCCCCCCCCCCCOC(=O)CCc1ccc(O)cc1C(C)(C)C. The second-order valence-corrected chi connectivity index (χ2v) is 11.1. The highest BCUT2D eigenvalue weighted by molar-refractivity contribution is 5.69. The molecule has 0 amide bonds. The molecule has 34 heavy (non-hydrogen) atoms. The zero-order valence-electron chi connectivity index (χ0n) is 22.9. The van der Waals surface area contributed by atoms with Gasteiger partial charge in [-0.25, -0.2) is 0 Å². The number of hydrogen-bond acceptors (Lipinski definition) is 3. The van der Waals surface area contributed by atoms with Crippen LogP contribution in [0, 0.1) is 0 Å². The van der Waals surface area contributed by atoms with Crippen molar-refractivity contribution in [1.82, 2.24) is 0 Å². The number of hydrogen-bond donors (Lipinski definition) is 1. The minimum absolute atomic E-state index is 0.0640. The summed E-state index contributed by atoms with van der Waals surface area (Å²) in [6.07, 6.45) is 22.6. The van der Waals surface area contributed by atoms with Crippen LogP contribution in [-0.4, -0.2) is 17.7 Å². The van der Waals surface area contributed by atoms with E-state index in [1.807, 2.05) is 12.1 Å². The summed E-state index contributed by atoms with van der Waals surface area (Å²) in [5, 5.41) is 9.80. The van der Waals surface area contributed by atoms with Gasteiger partial charge in [0.05, 0.1) is 6.61 Å². The van der Waals surface area contributed by atoms with E-state index in [1.54, 1.807) is 6.07 Å². The van der Waals surface area contributed by atoms with Crippen molar-refractivity contribution in [3.05, 3.63) is 29.3 Å². The summed E-state index contributed by atoms with van der Waals surface area (Å²) in [7, 11) is 0. The Bertz CT molecular complexity index is 645. The zero-order chi connectivity index (χ0) is 25.1. The molecule has 1 aromatic rings. The van der Waals surface area contributed by atoms with Crippen molar-refractivity contribution >= 4 is 5.97 Å². The molecule has 0 fully saturated rings. The van der Waals surface area contributed by atoms with Crippen molar-refractivity contribution in [3.63, 3.8) is 0 Å². The topological polar surface area (TPSA) is 46.5 Å². The summed E-state index contributed by atoms with van der Waals surface area (Å²) in [5.41, 5.74) is 2.15. The third-order valence-corrected chi connectivity index (χ3v) is 6.76. The standard InChI is InChI=1S/C31H54O3/c1-5-6-7-8-9-10-11-12-13-14-15-16-17-18-19-20-25-34-30(33)24-22-27-21-23-28(32)26-29(27)31(2,3)4/h21,23,26,32H,5-20,22,24-25H2,1-4H3. The number of esters is 1. The number of aromatic hydroxyl groups is 1. The zero-order valence-corrected chi connectivity index (χ0v) is 22.9. The van der Waals surface area contributed by atoms with Gasteiger partial charge < -0.3 is 9.84 Å². The quantitative estimate of drug-likeness (QED) is 0.151. The Hall–Kier alpha value is -1.51. The maximum Gasteiger partial charge on any atom is 0.306 e. The molecule has 0 saturated carbocycles. The van der Waals surface area contributed by atoms with Crippen LogP contribution < -0.4 is 0 Å². The average Bonchev–Trinajstić information content (AvgIpc) is 2.79. The minimum atomic E-state index is -0.117. The monoisotopic (exact) mass is 474 g/mol. The first-order chi connectivity index (χ1) is 16.3. The van der Waals surface area contributed by atoms with E-state index in [0.29, 0.717) is 19.4 Å². The molecule has 0 heterocycles. The highest BCUT2D eigenvalue weighted by Crippen LogP contribution is 2.30. The Morgan fingerprint density at radius 1 is 0.765 bits per heavy atom. The lowest BCUT2D eigenvalue weighted by molar-refractivity contribution is -0.143. The lowest BCUT2D eigenvalue weighted by atomic mass is 9.82. The molecule has 1 N–H and O–H groups in total. The molecule has 3 nitrogen and oxygen atoms in total. The van der Waals surface area contributed by atoms with E-state index in [4.69, 9.17) is 4.74 Å². The molecule has 0 aliphatic carbocycles. The van der Waals surface area contributed by atoms with Crippen molar-refractivity contribution in [2.24, 2.45) is 0 Å². The largest absolute Gasteiger partial charge is 0.508 e. The molecule has 3 heteroatoms. The van der Waals surface area contributed by atoms with Gasteiger partial charge in [0.25, 0.3) is 0 Å². The summed E-state index contributed by atoms with van der Waals surface area (Å²) >= 11 is 0. The second kappa shape index (κ2) is 18.8. The summed E-state index contributed by atoms with van der Waals surface area (Å²) in [4.78, 5) is 12.1. The Morgan fingerprint density at radius 3 is 1.71 bits per heavy atom. The molecule has 0 aromatic heterocycles. The van der Waals surface area contributed by atoms with Crippen LogP contribution >= 0.6 is 0 Å². The van der Waals surface area contributed by atoms with Gasteiger partial charge in [-0.05, 0) is 41.5 Å². The highest BCUT2D eigenvalue weighted by atomic mass is 16.5. The number of carbonyl (C=O) groups is 1. The van der Waals surface area contributed by atoms with Crippen molar-refractivity contribution in [2.45, 2.75) is 149 Å². The number of benzene rings is 1. The van der Waals surface area contributed by atoms with Crippen LogP contribution in [0.4, 0.5) is 0 Å². The van der Waals surface area contributed by atoms with Gasteiger partial charge in [-0.15, -0.1) is 0 Å². The maximum atomic E-state index is 12.1. The van der Waals surface area contributed by atoms with E-state index >= 15 is 0 Å². The number of phenols is 1. The third-order valence-electron chi connectivity index (χ3n) is 6.76. The van der Waals surface area contributed by atoms with Crippen molar-refractivity contribution in [1.29, 1.82) is 0 Å². The molecule has 1 aromatic carbocycles. The molecule has 0 radical (unpaired) electrons. The summed E-state index contributed by atoms with van der Waals surface area (Å²) in [6.45, 7) is 9.20. The first kappa shape index (κ1) is 30.5. The molecule has 0 saturated heterocycles. The number of rotatable bonds is 20. The molecule has 0 aliphatic heterocycles. The number of aryl methyl sites for hydroxylation is 1. The van der Waals surface area contributed by atoms with Gasteiger partial charge in [-0.3, -0.25) is 4.79 Å². The van der Waals surface area contributed by atoms with E-state index in [9.17, 15) is 9.90 Å². The lowest BCUT2D eigenvalue weighted by Gasteiger charge is -2.23. The van der Waals surface area contributed by atoms with Gasteiger partial charge in [-0.1, -0.05) is 130 Å². The van der Waals surface area contributed by atoms with Crippen LogP contribution in [0.5, 0.6) is 5.75 Å². The predicted molar refractivity (Wildman–Crippen MR) is 146 cm³/mol. The summed E-state index contributed by atoms with van der Waals surface area (Å²) < 4.78 is 5.44. The van der Waals surface area contributed by atoms with E-state index in [2.05, 4.69) is 27.7 Å². The first-order valence-electron chi connectivity index (χ1n) is 14.3. The van der Waals surface area contributed by atoms with Gasteiger partial charge in [0.15, 0.2) is 0 Å². The van der Waals surface area contributed by atoms with Gasteiger partial charge in [0.2, 0.25) is 0 Å². The van der Waals surface area contributed by atoms with Gasteiger partial charge >= 0.3 is 5.97 Å². The fraction of sp³-hybridized carbons (Fsp3) is 0.774. The molecule has 0 unspecified atom stereocenters. The Kier molecular flexibility index (Phi) is 16.9. The molecular formula is C31H54O3. The summed E-state index contributed by atoms with van der Waals surface area (Å²) in [6, 6.07) is 5.45. The number of ether oxygens (including phenoxy) is 1. The van der Waals surface area contributed by atoms with Gasteiger partial charge in [0.1, 0.15) is 5.75 Å². The Balaban J connectivity index is 1.94. The fourth-order valence-corrected chi connectivity index (χ4v) is 4.63. The number of unbranched alkanes of at least 4 members (excludes halogenated alkanes) is 15. The molecule has 196 valence electrons. The Morgan fingerprint density at radius 2 is 1.24 bits per heavy atom. The predicted octanol–water partition coefficient (Wildman–Crippen LogP) is 9.43. The van der Waals surface area contributed by atoms with Crippen molar-refractivity contribution < 1.29 is 14.6 Å². The van der Waals surface area contributed by atoms with Crippen molar-refractivity contribution in [3.8, 4) is 5.75 Å². The van der Waals surface area contributed by atoms with Crippen LogP contribution in [0.1, 0.15) is 148 Å². The normalized spacial score (nSPS) is 11.6. The van der Waals surface area contributed by atoms with E-state index in [1.165, 1.54) is 89.9 Å². The fourth-order valence-electron chi connectivity index (χ4n) is 4.63. The van der Waals surface area contributed by atoms with Crippen LogP contribution in [0.25, 0.3) is 0 Å². The molecule has 0 bridgehead atoms. The maximum absolute atomic E-state index is 12.1. The average molecular weight is 475 g/mol. The van der Waals surface area contributed by atoms with Crippen LogP contribution in [0.3, 0.4) is 0 Å². The Labute approximate surface area is 211 Å². The smallest absolute Gasteiger partial charge is 0.306 e. The first-order valence-corrected chi connectivity index (χ1v) is 14.3. The minimum Gasteiger partial charge on any atom is -0.508 e. The van der Waals surface area contributed by atoms with Gasteiger partial charge in [-0.2, -0.15) is 0 Å². The number of phenolic OH excluding ortho intramolecular Hbond substituents is 1.